The quantitative estimate of drug-likeness (QED) is 0.828. The molecule has 0 radical (unpaired) electrons. The van der Waals surface area contributed by atoms with E-state index in [2.05, 4.69) is 5.32 Å². The van der Waals surface area contributed by atoms with E-state index in [0.717, 1.165) is 6.42 Å². The van der Waals surface area contributed by atoms with Gasteiger partial charge in [-0.2, -0.15) is 0 Å². The summed E-state index contributed by atoms with van der Waals surface area (Å²) in [6, 6.07) is 2.85. The Morgan fingerprint density at radius 1 is 1.56 bits per heavy atom. The SMILES string of the molecule is CCC(C(=O)O)N(C)C(=O)NCCc1cccs1. The summed E-state index contributed by atoms with van der Waals surface area (Å²) in [6.45, 7) is 2.26. The summed E-state index contributed by atoms with van der Waals surface area (Å²) in [6.07, 6.45) is 1.16. The number of urea groups is 1. The third kappa shape index (κ3) is 4.03. The number of hydrogen-bond donors (Lipinski definition) is 2. The average molecular weight is 270 g/mol. The van der Waals surface area contributed by atoms with E-state index in [1.165, 1.54) is 16.8 Å². The minimum atomic E-state index is -0.978. The summed E-state index contributed by atoms with van der Waals surface area (Å²) in [5.41, 5.74) is 0. The van der Waals surface area contributed by atoms with Gasteiger partial charge in [-0.3, -0.25) is 0 Å². The number of rotatable bonds is 6. The lowest BCUT2D eigenvalue weighted by Gasteiger charge is -2.23. The maximum atomic E-state index is 11.7. The molecule has 0 bridgehead atoms. The maximum absolute atomic E-state index is 11.7. The lowest BCUT2D eigenvalue weighted by Crippen LogP contribution is -2.47. The van der Waals surface area contributed by atoms with E-state index in [0.29, 0.717) is 13.0 Å². The second kappa shape index (κ2) is 7.00. The Bertz CT molecular complexity index is 392. The van der Waals surface area contributed by atoms with Crippen molar-refractivity contribution in [2.75, 3.05) is 13.6 Å². The normalized spacial score (nSPS) is 11.9. The molecule has 5 nitrogen and oxygen atoms in total. The van der Waals surface area contributed by atoms with Crippen LogP contribution in [0, 0.1) is 0 Å². The fourth-order valence-electron chi connectivity index (χ4n) is 1.63. The summed E-state index contributed by atoms with van der Waals surface area (Å²) in [5.74, 6) is -0.978. The molecule has 0 aromatic carbocycles. The standard InChI is InChI=1S/C12H18N2O3S/c1-3-10(11(15)16)14(2)12(17)13-7-6-9-5-4-8-18-9/h4-5,8,10H,3,6-7H2,1-2H3,(H,13,17)(H,15,16). The van der Waals surface area contributed by atoms with Gasteiger partial charge in [-0.1, -0.05) is 13.0 Å². The van der Waals surface area contributed by atoms with Gasteiger partial charge in [0.15, 0.2) is 0 Å². The highest BCUT2D eigenvalue weighted by Crippen LogP contribution is 2.08. The van der Waals surface area contributed by atoms with Crippen LogP contribution in [0.15, 0.2) is 17.5 Å². The van der Waals surface area contributed by atoms with Crippen molar-refractivity contribution in [1.82, 2.24) is 10.2 Å². The minimum absolute atomic E-state index is 0.346. The van der Waals surface area contributed by atoms with Crippen LogP contribution in [0.5, 0.6) is 0 Å². The fraction of sp³-hybridized carbons (Fsp3) is 0.500. The molecule has 0 aliphatic carbocycles. The van der Waals surface area contributed by atoms with Crippen molar-refractivity contribution in [3.8, 4) is 0 Å². The summed E-state index contributed by atoms with van der Waals surface area (Å²) in [7, 11) is 1.50. The van der Waals surface area contributed by atoms with E-state index in [4.69, 9.17) is 5.11 Å². The molecule has 0 saturated carbocycles. The van der Waals surface area contributed by atoms with E-state index in [1.807, 2.05) is 17.5 Å². The van der Waals surface area contributed by atoms with Crippen molar-refractivity contribution < 1.29 is 14.7 Å². The molecule has 1 unspecified atom stereocenters. The number of likely N-dealkylation sites (N-methyl/N-ethyl adjacent to an activating group) is 1. The Hall–Kier alpha value is -1.56. The summed E-state index contributed by atoms with van der Waals surface area (Å²) in [4.78, 5) is 25.1. The fourth-order valence-corrected chi connectivity index (χ4v) is 2.34. The molecule has 0 fully saturated rings. The first-order chi connectivity index (χ1) is 8.56. The van der Waals surface area contributed by atoms with Crippen LogP contribution >= 0.6 is 11.3 Å². The Morgan fingerprint density at radius 3 is 2.78 bits per heavy atom. The number of carboxylic acid groups (broad SMARTS) is 1. The molecule has 0 aliphatic heterocycles. The van der Waals surface area contributed by atoms with Gasteiger partial charge < -0.3 is 15.3 Å². The van der Waals surface area contributed by atoms with Crippen LogP contribution < -0.4 is 5.32 Å². The molecule has 1 heterocycles. The summed E-state index contributed by atoms with van der Waals surface area (Å²) in [5, 5.41) is 13.7. The Kier molecular flexibility index (Phi) is 5.64. The lowest BCUT2D eigenvalue weighted by molar-refractivity contribution is -0.141. The zero-order valence-electron chi connectivity index (χ0n) is 10.5. The summed E-state index contributed by atoms with van der Waals surface area (Å²) < 4.78 is 0. The maximum Gasteiger partial charge on any atom is 0.326 e. The number of aliphatic carboxylic acids is 1. The molecule has 6 heteroatoms. The Balaban J connectivity index is 2.37. The molecule has 0 aliphatic rings. The number of thiophene rings is 1. The number of hydrogen-bond acceptors (Lipinski definition) is 3. The van der Waals surface area contributed by atoms with Crippen LogP contribution in [0.4, 0.5) is 4.79 Å². The van der Waals surface area contributed by atoms with Crippen LogP contribution in [0.1, 0.15) is 18.2 Å². The molecule has 1 rings (SSSR count). The Labute approximate surface area is 110 Å². The highest BCUT2D eigenvalue weighted by Gasteiger charge is 2.24. The van der Waals surface area contributed by atoms with Crippen molar-refractivity contribution in [3.63, 3.8) is 0 Å². The van der Waals surface area contributed by atoms with E-state index in [9.17, 15) is 9.59 Å². The third-order valence-corrected chi connectivity index (χ3v) is 3.62. The largest absolute Gasteiger partial charge is 0.480 e. The van der Waals surface area contributed by atoms with Gasteiger partial charge in [0.25, 0.3) is 0 Å². The predicted octanol–water partition coefficient (Wildman–Crippen LogP) is 1.80. The number of carbonyl (C=O) groups is 2. The van der Waals surface area contributed by atoms with Crippen molar-refractivity contribution in [3.05, 3.63) is 22.4 Å². The minimum Gasteiger partial charge on any atom is -0.480 e. The molecule has 1 atom stereocenters. The number of carboxylic acids is 1. The third-order valence-electron chi connectivity index (χ3n) is 2.69. The summed E-state index contributed by atoms with van der Waals surface area (Å²) >= 11 is 1.64. The number of nitrogens with zero attached hydrogens (tertiary/aromatic N) is 1. The molecule has 0 saturated heterocycles. The molecular weight excluding hydrogens is 252 g/mol. The first kappa shape index (κ1) is 14.5. The van der Waals surface area contributed by atoms with Gasteiger partial charge >= 0.3 is 12.0 Å². The van der Waals surface area contributed by atoms with E-state index in [1.54, 1.807) is 18.3 Å². The smallest absolute Gasteiger partial charge is 0.326 e. The van der Waals surface area contributed by atoms with Gasteiger partial charge in [0.1, 0.15) is 6.04 Å². The molecule has 18 heavy (non-hydrogen) atoms. The molecule has 1 aromatic heterocycles. The van der Waals surface area contributed by atoms with Crippen LogP contribution in [-0.4, -0.2) is 41.6 Å². The first-order valence-electron chi connectivity index (χ1n) is 5.82. The van der Waals surface area contributed by atoms with Crippen LogP contribution in [0.3, 0.4) is 0 Å². The molecular formula is C12H18N2O3S. The number of amides is 2. The first-order valence-corrected chi connectivity index (χ1v) is 6.70. The van der Waals surface area contributed by atoms with Crippen molar-refractivity contribution >= 4 is 23.3 Å². The highest BCUT2D eigenvalue weighted by molar-refractivity contribution is 7.09. The van der Waals surface area contributed by atoms with Crippen LogP contribution in [0.2, 0.25) is 0 Å². The highest BCUT2D eigenvalue weighted by atomic mass is 32.1. The lowest BCUT2D eigenvalue weighted by atomic mass is 10.2. The molecule has 2 N–H and O–H groups in total. The van der Waals surface area contributed by atoms with E-state index < -0.39 is 12.0 Å². The topological polar surface area (TPSA) is 69.6 Å². The van der Waals surface area contributed by atoms with Crippen molar-refractivity contribution in [2.45, 2.75) is 25.8 Å². The van der Waals surface area contributed by atoms with Crippen molar-refractivity contribution in [1.29, 1.82) is 0 Å². The molecule has 100 valence electrons. The molecule has 0 spiro atoms. The van der Waals surface area contributed by atoms with Crippen molar-refractivity contribution in [2.24, 2.45) is 0 Å². The number of carbonyl (C=O) groups excluding carboxylic acids is 1. The van der Waals surface area contributed by atoms with Gasteiger partial charge in [0.05, 0.1) is 0 Å². The van der Waals surface area contributed by atoms with Gasteiger partial charge in [-0.05, 0) is 24.3 Å². The zero-order chi connectivity index (χ0) is 13.5. The van der Waals surface area contributed by atoms with Gasteiger partial charge in [0.2, 0.25) is 0 Å². The van der Waals surface area contributed by atoms with Crippen LogP contribution in [0.25, 0.3) is 0 Å². The molecule has 2 amide bonds. The average Bonchev–Trinajstić information content (AvgIpc) is 2.82. The molecule has 1 aromatic rings. The second-order valence-corrected chi connectivity index (χ2v) is 4.97. The zero-order valence-corrected chi connectivity index (χ0v) is 11.4. The van der Waals surface area contributed by atoms with Gasteiger partial charge in [0, 0.05) is 18.5 Å². The number of nitrogens with one attached hydrogen (secondary N) is 1. The second-order valence-electron chi connectivity index (χ2n) is 3.93. The monoisotopic (exact) mass is 270 g/mol. The van der Waals surface area contributed by atoms with Gasteiger partial charge in [-0.15, -0.1) is 11.3 Å². The van der Waals surface area contributed by atoms with Gasteiger partial charge in [-0.25, -0.2) is 9.59 Å². The van der Waals surface area contributed by atoms with E-state index in [-0.39, 0.29) is 6.03 Å². The van der Waals surface area contributed by atoms with E-state index >= 15 is 0 Å². The Morgan fingerprint density at radius 2 is 2.28 bits per heavy atom. The predicted molar refractivity (Wildman–Crippen MR) is 70.9 cm³/mol. The van der Waals surface area contributed by atoms with Crippen LogP contribution in [-0.2, 0) is 11.2 Å².